The van der Waals surface area contributed by atoms with Gasteiger partial charge in [0.15, 0.2) is 17.5 Å². The van der Waals surface area contributed by atoms with E-state index < -0.39 is 0 Å². The van der Waals surface area contributed by atoms with Crippen molar-refractivity contribution in [1.82, 2.24) is 15.0 Å². The molecule has 2 heterocycles. The van der Waals surface area contributed by atoms with Crippen LogP contribution in [0, 0.1) is 0 Å². The van der Waals surface area contributed by atoms with Crippen LogP contribution in [-0.2, 0) is 0 Å². The van der Waals surface area contributed by atoms with Gasteiger partial charge in [0.05, 0.1) is 0 Å². The number of benzene rings is 8. The molecule has 0 aliphatic rings. The standard InChI is InChI=1S/C45H27N3O/c1-3-11-30-23-36(21-19-28(30)9-1)44-46-43(47-45(48-44)37-22-20-29-10-2-4-12-31(29)24-37)35-16-7-15-34(25-35)38-17-8-18-40-42(38)39-26-32-13-5-6-14-33(32)27-41(39)49-40/h1-27H. The van der Waals surface area contributed by atoms with Crippen LogP contribution in [0.1, 0.15) is 0 Å². The molecule has 0 bridgehead atoms. The number of hydrogen-bond acceptors (Lipinski definition) is 4. The summed E-state index contributed by atoms with van der Waals surface area (Å²) >= 11 is 0. The van der Waals surface area contributed by atoms with Crippen LogP contribution in [0.3, 0.4) is 0 Å². The third-order valence-corrected chi connectivity index (χ3v) is 9.45. The first-order chi connectivity index (χ1) is 24.2. The summed E-state index contributed by atoms with van der Waals surface area (Å²) in [5.41, 5.74) is 6.73. The maximum absolute atomic E-state index is 6.40. The van der Waals surface area contributed by atoms with Gasteiger partial charge in [-0.1, -0.05) is 127 Å². The van der Waals surface area contributed by atoms with Gasteiger partial charge in [0, 0.05) is 27.5 Å². The molecule has 49 heavy (non-hydrogen) atoms. The molecular formula is C45H27N3O. The molecule has 0 unspecified atom stereocenters. The van der Waals surface area contributed by atoms with E-state index in [1.807, 2.05) is 6.07 Å². The van der Waals surface area contributed by atoms with Crippen LogP contribution in [0.15, 0.2) is 168 Å². The van der Waals surface area contributed by atoms with Crippen molar-refractivity contribution in [3.63, 3.8) is 0 Å². The van der Waals surface area contributed by atoms with Gasteiger partial charge >= 0.3 is 0 Å². The summed E-state index contributed by atoms with van der Waals surface area (Å²) in [6.45, 7) is 0. The van der Waals surface area contributed by atoms with Gasteiger partial charge in [-0.15, -0.1) is 0 Å². The molecule has 0 saturated carbocycles. The summed E-state index contributed by atoms with van der Waals surface area (Å²) in [6, 6.07) is 57.0. The Morgan fingerprint density at radius 2 is 0.816 bits per heavy atom. The first kappa shape index (κ1) is 27.5. The first-order valence-corrected chi connectivity index (χ1v) is 16.4. The van der Waals surface area contributed by atoms with E-state index in [2.05, 4.69) is 158 Å². The zero-order chi connectivity index (χ0) is 32.3. The van der Waals surface area contributed by atoms with Gasteiger partial charge in [0.2, 0.25) is 0 Å². The van der Waals surface area contributed by atoms with E-state index in [9.17, 15) is 0 Å². The van der Waals surface area contributed by atoms with Gasteiger partial charge in [0.25, 0.3) is 0 Å². The first-order valence-electron chi connectivity index (χ1n) is 16.4. The molecule has 4 heteroatoms. The fourth-order valence-electron chi connectivity index (χ4n) is 7.00. The number of hydrogen-bond donors (Lipinski definition) is 0. The minimum absolute atomic E-state index is 0.624. The van der Waals surface area contributed by atoms with E-state index in [0.717, 1.165) is 65.9 Å². The van der Waals surface area contributed by atoms with Crippen molar-refractivity contribution < 1.29 is 4.42 Å². The summed E-state index contributed by atoms with van der Waals surface area (Å²) in [5, 5.41) is 9.20. The van der Waals surface area contributed by atoms with Crippen molar-refractivity contribution in [3.05, 3.63) is 164 Å². The van der Waals surface area contributed by atoms with Crippen LogP contribution < -0.4 is 0 Å². The van der Waals surface area contributed by atoms with E-state index in [-0.39, 0.29) is 0 Å². The van der Waals surface area contributed by atoms with Crippen molar-refractivity contribution >= 4 is 54.3 Å². The molecule has 0 atom stereocenters. The largest absolute Gasteiger partial charge is 0.456 e. The third-order valence-electron chi connectivity index (χ3n) is 9.45. The van der Waals surface area contributed by atoms with Gasteiger partial charge in [-0.2, -0.15) is 0 Å². The molecule has 0 aliphatic heterocycles. The number of rotatable bonds is 4. The molecule has 10 aromatic rings. The molecule has 228 valence electrons. The SMILES string of the molecule is c1cc(-c2nc(-c3ccc4ccccc4c3)nc(-c3ccc4ccccc4c3)n2)cc(-c2cccc3oc4cc5ccccc5cc4c23)c1. The Kier molecular flexibility index (Phi) is 6.15. The lowest BCUT2D eigenvalue weighted by atomic mass is 9.97. The normalized spacial score (nSPS) is 11.7. The second kappa shape index (κ2) is 11.0. The van der Waals surface area contributed by atoms with E-state index >= 15 is 0 Å². The van der Waals surface area contributed by atoms with Crippen LogP contribution in [0.4, 0.5) is 0 Å². The summed E-state index contributed by atoms with van der Waals surface area (Å²) in [5.74, 6) is 1.90. The Balaban J connectivity index is 1.16. The Bertz CT molecular complexity index is 2810. The summed E-state index contributed by atoms with van der Waals surface area (Å²) in [6.07, 6.45) is 0. The summed E-state index contributed by atoms with van der Waals surface area (Å²) < 4.78 is 6.40. The summed E-state index contributed by atoms with van der Waals surface area (Å²) in [4.78, 5) is 15.2. The topological polar surface area (TPSA) is 51.8 Å². The number of furan rings is 1. The van der Waals surface area contributed by atoms with Crippen LogP contribution in [0.5, 0.6) is 0 Å². The van der Waals surface area contributed by atoms with Gasteiger partial charge in [-0.25, -0.2) is 15.0 Å². The highest BCUT2D eigenvalue weighted by Crippen LogP contribution is 2.39. The average Bonchev–Trinajstić information content (AvgIpc) is 3.54. The Morgan fingerprint density at radius 3 is 1.43 bits per heavy atom. The van der Waals surface area contributed by atoms with Crippen LogP contribution >= 0.6 is 0 Å². The van der Waals surface area contributed by atoms with Crippen molar-refractivity contribution in [2.24, 2.45) is 0 Å². The quantitative estimate of drug-likeness (QED) is 0.195. The zero-order valence-corrected chi connectivity index (χ0v) is 26.3. The van der Waals surface area contributed by atoms with Crippen LogP contribution in [0.25, 0.3) is 99.5 Å². The van der Waals surface area contributed by atoms with Crippen LogP contribution in [-0.4, -0.2) is 15.0 Å². The number of aromatic nitrogens is 3. The highest BCUT2D eigenvalue weighted by atomic mass is 16.3. The average molecular weight is 626 g/mol. The van der Waals surface area contributed by atoms with Crippen molar-refractivity contribution in [2.75, 3.05) is 0 Å². The Morgan fingerprint density at radius 1 is 0.327 bits per heavy atom. The molecule has 0 spiro atoms. The molecule has 0 N–H and O–H groups in total. The lowest BCUT2D eigenvalue weighted by Gasteiger charge is -2.11. The van der Waals surface area contributed by atoms with Crippen molar-refractivity contribution in [3.8, 4) is 45.3 Å². The van der Waals surface area contributed by atoms with Gasteiger partial charge in [0.1, 0.15) is 11.2 Å². The fraction of sp³-hybridized carbons (Fsp3) is 0. The molecule has 0 aliphatic carbocycles. The summed E-state index contributed by atoms with van der Waals surface area (Å²) in [7, 11) is 0. The van der Waals surface area contributed by atoms with Crippen molar-refractivity contribution in [2.45, 2.75) is 0 Å². The van der Waals surface area contributed by atoms with Crippen molar-refractivity contribution in [1.29, 1.82) is 0 Å². The smallest absolute Gasteiger partial charge is 0.164 e. The Labute approximate surface area is 282 Å². The minimum atomic E-state index is 0.624. The number of fused-ring (bicyclic) bond motifs is 6. The van der Waals surface area contributed by atoms with Gasteiger partial charge in [-0.05, 0) is 79.8 Å². The zero-order valence-electron chi connectivity index (χ0n) is 26.3. The van der Waals surface area contributed by atoms with E-state index in [1.165, 1.54) is 16.2 Å². The molecule has 2 aromatic heterocycles. The second-order valence-electron chi connectivity index (χ2n) is 12.5. The lowest BCUT2D eigenvalue weighted by molar-refractivity contribution is 0.669. The lowest BCUT2D eigenvalue weighted by Crippen LogP contribution is -2.00. The molecule has 0 fully saturated rings. The maximum Gasteiger partial charge on any atom is 0.164 e. The van der Waals surface area contributed by atoms with Gasteiger partial charge in [-0.3, -0.25) is 0 Å². The third kappa shape index (κ3) is 4.73. The van der Waals surface area contributed by atoms with Gasteiger partial charge < -0.3 is 4.42 Å². The minimum Gasteiger partial charge on any atom is -0.456 e. The molecule has 10 rings (SSSR count). The molecule has 4 nitrogen and oxygen atoms in total. The predicted molar refractivity (Wildman–Crippen MR) is 201 cm³/mol. The highest BCUT2D eigenvalue weighted by Gasteiger charge is 2.17. The molecule has 0 radical (unpaired) electrons. The van der Waals surface area contributed by atoms with E-state index in [0.29, 0.717) is 17.5 Å². The molecular weight excluding hydrogens is 599 g/mol. The Hall–Kier alpha value is -6.65. The maximum atomic E-state index is 6.40. The van der Waals surface area contributed by atoms with Crippen LogP contribution in [0.2, 0.25) is 0 Å². The molecule has 0 saturated heterocycles. The molecule has 8 aromatic carbocycles. The fourth-order valence-corrected chi connectivity index (χ4v) is 7.00. The monoisotopic (exact) mass is 625 g/mol. The number of nitrogens with zero attached hydrogens (tertiary/aromatic N) is 3. The highest BCUT2D eigenvalue weighted by molar-refractivity contribution is 6.15. The second-order valence-corrected chi connectivity index (χ2v) is 12.5. The van der Waals surface area contributed by atoms with E-state index in [1.54, 1.807) is 0 Å². The predicted octanol–water partition coefficient (Wildman–Crippen LogP) is 11.9. The van der Waals surface area contributed by atoms with E-state index in [4.69, 9.17) is 19.4 Å². The molecule has 0 amide bonds.